The third-order valence-corrected chi connectivity index (χ3v) is 5.99. The lowest BCUT2D eigenvalue weighted by Crippen LogP contribution is -2.24. The molecular formula is C22H20BrN3OS. The second-order valence-electron chi connectivity index (χ2n) is 6.57. The Labute approximate surface area is 176 Å². The summed E-state index contributed by atoms with van der Waals surface area (Å²) in [6.07, 6.45) is 1.66. The zero-order valence-electron chi connectivity index (χ0n) is 15.3. The van der Waals surface area contributed by atoms with Crippen molar-refractivity contribution in [1.29, 1.82) is 0 Å². The number of rotatable bonds is 7. The molecule has 1 N–H and O–H groups in total. The van der Waals surface area contributed by atoms with Crippen molar-refractivity contribution >= 4 is 44.2 Å². The topological polar surface area (TPSA) is 46.9 Å². The van der Waals surface area contributed by atoms with Gasteiger partial charge in [-0.05, 0) is 47.7 Å². The van der Waals surface area contributed by atoms with E-state index in [2.05, 4.69) is 62.2 Å². The summed E-state index contributed by atoms with van der Waals surface area (Å²) in [6.45, 7) is 1.42. The monoisotopic (exact) mass is 453 g/mol. The number of carbonyl (C=O) groups is 1. The van der Waals surface area contributed by atoms with Crippen LogP contribution < -0.4 is 5.32 Å². The Morgan fingerprint density at radius 2 is 1.89 bits per heavy atom. The van der Waals surface area contributed by atoms with Gasteiger partial charge in [-0.2, -0.15) is 0 Å². The number of aryl methyl sites for hydroxylation is 1. The number of thiophene rings is 1. The molecule has 4 aromatic rings. The Kier molecular flexibility index (Phi) is 5.88. The molecule has 0 fully saturated rings. The average molecular weight is 454 g/mol. The molecule has 6 heteroatoms. The van der Waals surface area contributed by atoms with Crippen LogP contribution in [0.4, 0.5) is 0 Å². The number of amides is 1. The summed E-state index contributed by atoms with van der Waals surface area (Å²) < 4.78 is 3.35. The lowest BCUT2D eigenvalue weighted by Gasteiger charge is -2.10. The Morgan fingerprint density at radius 1 is 1.07 bits per heavy atom. The quantitative estimate of drug-likeness (QED) is 0.387. The summed E-state index contributed by atoms with van der Waals surface area (Å²) in [4.78, 5) is 17.7. The zero-order valence-corrected chi connectivity index (χ0v) is 17.7. The fraction of sp³-hybridized carbons (Fsp3) is 0.182. The number of imidazole rings is 1. The number of carbonyl (C=O) groups excluding carboxylic acids is 1. The smallest absolute Gasteiger partial charge is 0.261 e. The molecule has 0 aliphatic heterocycles. The summed E-state index contributed by atoms with van der Waals surface area (Å²) in [6, 6.07) is 20.4. The minimum absolute atomic E-state index is 0.00151. The number of para-hydroxylation sites is 2. The maximum Gasteiger partial charge on any atom is 0.261 e. The molecule has 0 atom stereocenters. The highest BCUT2D eigenvalue weighted by molar-refractivity contribution is 9.10. The first-order valence-electron chi connectivity index (χ1n) is 9.21. The Hall–Kier alpha value is -2.44. The number of aromatic nitrogens is 2. The standard InChI is InChI=1S/C22H20BrN3OS/c23-17-11-9-16(10-12-17)15-26-19-6-2-1-5-18(19)25-21(26)8-3-13-24-22(27)20-7-4-14-28-20/h1-2,4-7,9-12,14H,3,8,13,15H2,(H,24,27). The Morgan fingerprint density at radius 3 is 2.68 bits per heavy atom. The first-order chi connectivity index (χ1) is 13.7. The minimum Gasteiger partial charge on any atom is -0.351 e. The molecule has 2 aromatic carbocycles. The van der Waals surface area contributed by atoms with Gasteiger partial charge >= 0.3 is 0 Å². The number of nitrogens with zero attached hydrogens (tertiary/aromatic N) is 2. The maximum absolute atomic E-state index is 12.1. The third-order valence-electron chi connectivity index (χ3n) is 4.60. The van der Waals surface area contributed by atoms with Gasteiger partial charge in [-0.25, -0.2) is 4.98 Å². The molecule has 2 heterocycles. The number of hydrogen-bond acceptors (Lipinski definition) is 3. The van der Waals surface area contributed by atoms with Crippen LogP contribution >= 0.6 is 27.3 Å². The van der Waals surface area contributed by atoms with Gasteiger partial charge in [0.25, 0.3) is 5.91 Å². The van der Waals surface area contributed by atoms with Crippen molar-refractivity contribution in [2.45, 2.75) is 19.4 Å². The molecular weight excluding hydrogens is 434 g/mol. The van der Waals surface area contributed by atoms with Crippen molar-refractivity contribution in [1.82, 2.24) is 14.9 Å². The number of hydrogen-bond donors (Lipinski definition) is 1. The van der Waals surface area contributed by atoms with E-state index in [1.54, 1.807) is 0 Å². The maximum atomic E-state index is 12.1. The van der Waals surface area contributed by atoms with Crippen molar-refractivity contribution in [2.75, 3.05) is 6.54 Å². The highest BCUT2D eigenvalue weighted by Crippen LogP contribution is 2.20. The van der Waals surface area contributed by atoms with E-state index in [-0.39, 0.29) is 5.91 Å². The molecule has 142 valence electrons. The largest absolute Gasteiger partial charge is 0.351 e. The van der Waals surface area contributed by atoms with Gasteiger partial charge in [0.15, 0.2) is 0 Å². The summed E-state index contributed by atoms with van der Waals surface area (Å²) >= 11 is 4.95. The van der Waals surface area contributed by atoms with Crippen molar-refractivity contribution in [3.8, 4) is 0 Å². The van der Waals surface area contributed by atoms with Crippen LogP contribution in [-0.4, -0.2) is 22.0 Å². The van der Waals surface area contributed by atoms with Crippen LogP contribution in [-0.2, 0) is 13.0 Å². The summed E-state index contributed by atoms with van der Waals surface area (Å²) in [7, 11) is 0. The van der Waals surface area contributed by atoms with E-state index in [1.165, 1.54) is 16.9 Å². The molecule has 4 nitrogen and oxygen atoms in total. The van der Waals surface area contributed by atoms with Crippen LogP contribution in [0.5, 0.6) is 0 Å². The van der Waals surface area contributed by atoms with E-state index < -0.39 is 0 Å². The Bertz CT molecular complexity index is 1070. The molecule has 0 saturated carbocycles. The van der Waals surface area contributed by atoms with E-state index in [0.29, 0.717) is 6.54 Å². The zero-order chi connectivity index (χ0) is 19.3. The molecule has 0 radical (unpaired) electrons. The molecule has 0 spiro atoms. The van der Waals surface area contributed by atoms with Gasteiger partial charge in [-0.15, -0.1) is 11.3 Å². The lowest BCUT2D eigenvalue weighted by molar-refractivity contribution is 0.0957. The van der Waals surface area contributed by atoms with Crippen molar-refractivity contribution in [2.24, 2.45) is 0 Å². The molecule has 0 bridgehead atoms. The molecule has 28 heavy (non-hydrogen) atoms. The molecule has 0 aliphatic carbocycles. The third kappa shape index (κ3) is 4.34. The molecule has 2 aromatic heterocycles. The SMILES string of the molecule is O=C(NCCCc1nc2ccccc2n1Cc1ccc(Br)cc1)c1cccs1. The van der Waals surface area contributed by atoms with E-state index in [0.717, 1.165) is 45.6 Å². The van der Waals surface area contributed by atoms with Crippen molar-refractivity contribution in [3.63, 3.8) is 0 Å². The van der Waals surface area contributed by atoms with Crippen LogP contribution in [0.15, 0.2) is 70.5 Å². The van der Waals surface area contributed by atoms with Crippen LogP contribution in [0.2, 0.25) is 0 Å². The number of halogens is 1. The van der Waals surface area contributed by atoms with Crippen LogP contribution in [0.1, 0.15) is 27.5 Å². The predicted molar refractivity (Wildman–Crippen MR) is 118 cm³/mol. The minimum atomic E-state index is -0.00151. The van der Waals surface area contributed by atoms with Crippen molar-refractivity contribution in [3.05, 3.63) is 86.8 Å². The summed E-state index contributed by atoms with van der Waals surface area (Å²) in [5.41, 5.74) is 3.39. The Balaban J connectivity index is 1.46. The van der Waals surface area contributed by atoms with Crippen LogP contribution in [0, 0.1) is 0 Å². The van der Waals surface area contributed by atoms with Gasteiger partial charge in [0.2, 0.25) is 0 Å². The summed E-state index contributed by atoms with van der Waals surface area (Å²) in [5.74, 6) is 1.05. The molecule has 0 saturated heterocycles. The summed E-state index contributed by atoms with van der Waals surface area (Å²) in [5, 5.41) is 4.91. The predicted octanol–water partition coefficient (Wildman–Crippen LogP) is 5.27. The van der Waals surface area contributed by atoms with Crippen molar-refractivity contribution < 1.29 is 4.79 Å². The van der Waals surface area contributed by atoms with Gasteiger partial charge in [-0.1, -0.05) is 46.3 Å². The number of nitrogens with one attached hydrogen (secondary N) is 1. The van der Waals surface area contributed by atoms with Gasteiger partial charge < -0.3 is 9.88 Å². The first kappa shape index (κ1) is 18.9. The van der Waals surface area contributed by atoms with Gasteiger partial charge in [0, 0.05) is 24.0 Å². The second-order valence-corrected chi connectivity index (χ2v) is 8.43. The lowest BCUT2D eigenvalue weighted by atomic mass is 10.2. The van der Waals surface area contributed by atoms with Gasteiger partial charge in [0.1, 0.15) is 5.82 Å². The molecule has 0 unspecified atom stereocenters. The molecule has 0 aliphatic rings. The average Bonchev–Trinajstić information content (AvgIpc) is 3.36. The van der Waals surface area contributed by atoms with Gasteiger partial charge in [-0.3, -0.25) is 4.79 Å². The molecule has 4 rings (SSSR count). The number of benzene rings is 2. The van der Waals surface area contributed by atoms with E-state index >= 15 is 0 Å². The number of fused-ring (bicyclic) bond motifs is 1. The van der Waals surface area contributed by atoms with Crippen LogP contribution in [0.25, 0.3) is 11.0 Å². The normalized spacial score (nSPS) is 11.0. The fourth-order valence-electron chi connectivity index (χ4n) is 3.21. The van der Waals surface area contributed by atoms with E-state index in [9.17, 15) is 4.79 Å². The van der Waals surface area contributed by atoms with E-state index in [1.807, 2.05) is 29.6 Å². The highest BCUT2D eigenvalue weighted by Gasteiger charge is 2.11. The fourth-order valence-corrected chi connectivity index (χ4v) is 4.11. The second kappa shape index (κ2) is 8.71. The highest BCUT2D eigenvalue weighted by atomic mass is 79.9. The first-order valence-corrected chi connectivity index (χ1v) is 10.9. The molecule has 1 amide bonds. The van der Waals surface area contributed by atoms with Crippen LogP contribution in [0.3, 0.4) is 0 Å². The van der Waals surface area contributed by atoms with Gasteiger partial charge in [0.05, 0.1) is 15.9 Å². The van der Waals surface area contributed by atoms with E-state index in [4.69, 9.17) is 4.98 Å².